The van der Waals surface area contributed by atoms with Crippen LogP contribution in [0.2, 0.25) is 0 Å². The van der Waals surface area contributed by atoms with Crippen LogP contribution < -0.4 is 10.1 Å². The molecule has 1 fully saturated rings. The smallest absolute Gasteiger partial charge is 0.257 e. The zero-order chi connectivity index (χ0) is 18.2. The van der Waals surface area contributed by atoms with Gasteiger partial charge in [-0.2, -0.15) is 0 Å². The minimum atomic E-state index is -0.0318. The van der Waals surface area contributed by atoms with Crippen molar-refractivity contribution in [2.75, 3.05) is 26.2 Å². The summed E-state index contributed by atoms with van der Waals surface area (Å²) in [6.45, 7) is 2.36. The summed E-state index contributed by atoms with van der Waals surface area (Å²) in [6.07, 6.45) is 5.10. The van der Waals surface area contributed by atoms with Crippen LogP contribution in [-0.2, 0) is 4.79 Å². The number of amides is 2. The number of nitrogens with zero attached hydrogens (tertiary/aromatic N) is 1. The first-order valence-electron chi connectivity index (χ1n) is 9.01. The summed E-state index contributed by atoms with van der Waals surface area (Å²) >= 11 is 0. The number of rotatable bonds is 7. The fraction of sp³-hybridized carbons (Fsp3) is 0.400. The molecule has 0 aliphatic carbocycles. The Balaban J connectivity index is 1.32. The van der Waals surface area contributed by atoms with E-state index in [1.165, 1.54) is 12.5 Å². The quantitative estimate of drug-likeness (QED) is 0.775. The molecule has 0 saturated carbocycles. The average molecular weight is 356 g/mol. The molecule has 0 bridgehead atoms. The highest BCUT2D eigenvalue weighted by molar-refractivity contribution is 5.94. The number of hydrogen-bond acceptors (Lipinski definition) is 4. The molecule has 1 aromatic carbocycles. The highest BCUT2D eigenvalue weighted by atomic mass is 16.5. The molecule has 138 valence electrons. The number of para-hydroxylation sites is 1. The van der Waals surface area contributed by atoms with E-state index in [2.05, 4.69) is 5.32 Å². The number of benzene rings is 1. The van der Waals surface area contributed by atoms with E-state index in [9.17, 15) is 9.59 Å². The molecule has 1 aliphatic rings. The molecule has 1 aliphatic heterocycles. The third-order valence-corrected chi connectivity index (χ3v) is 4.55. The van der Waals surface area contributed by atoms with Gasteiger partial charge < -0.3 is 19.4 Å². The van der Waals surface area contributed by atoms with Gasteiger partial charge in [0.2, 0.25) is 5.91 Å². The van der Waals surface area contributed by atoms with Crippen LogP contribution in [0.5, 0.6) is 5.75 Å². The lowest BCUT2D eigenvalue weighted by atomic mass is 9.95. The Kier molecular flexibility index (Phi) is 6.30. The first-order valence-corrected chi connectivity index (χ1v) is 9.01. The zero-order valence-corrected chi connectivity index (χ0v) is 14.7. The fourth-order valence-electron chi connectivity index (χ4n) is 3.05. The molecule has 0 radical (unpaired) electrons. The van der Waals surface area contributed by atoms with Gasteiger partial charge in [-0.15, -0.1) is 0 Å². The number of hydrogen-bond donors (Lipinski definition) is 1. The van der Waals surface area contributed by atoms with E-state index in [-0.39, 0.29) is 17.7 Å². The Morgan fingerprint density at radius 3 is 2.62 bits per heavy atom. The van der Waals surface area contributed by atoms with Gasteiger partial charge in [-0.1, -0.05) is 18.2 Å². The van der Waals surface area contributed by atoms with Crippen molar-refractivity contribution in [1.29, 1.82) is 0 Å². The number of likely N-dealkylation sites (tertiary alicyclic amines) is 1. The predicted molar refractivity (Wildman–Crippen MR) is 96.9 cm³/mol. The van der Waals surface area contributed by atoms with Crippen molar-refractivity contribution >= 4 is 11.8 Å². The number of carbonyl (C=O) groups is 2. The molecule has 0 atom stereocenters. The van der Waals surface area contributed by atoms with Crippen LogP contribution in [0.3, 0.4) is 0 Å². The molecule has 2 aromatic rings. The van der Waals surface area contributed by atoms with Crippen molar-refractivity contribution < 1.29 is 18.7 Å². The second kappa shape index (κ2) is 9.08. The Morgan fingerprint density at radius 2 is 1.92 bits per heavy atom. The summed E-state index contributed by atoms with van der Waals surface area (Å²) in [7, 11) is 0. The van der Waals surface area contributed by atoms with Gasteiger partial charge in [0.25, 0.3) is 5.91 Å². The molecule has 1 aromatic heterocycles. The Labute approximate surface area is 153 Å². The van der Waals surface area contributed by atoms with Crippen LogP contribution in [0.1, 0.15) is 29.6 Å². The maximum absolute atomic E-state index is 12.3. The molecule has 26 heavy (non-hydrogen) atoms. The molecule has 2 heterocycles. The van der Waals surface area contributed by atoms with Gasteiger partial charge in [-0.25, -0.2) is 0 Å². The first-order chi connectivity index (χ1) is 12.7. The Hall–Kier alpha value is -2.76. The van der Waals surface area contributed by atoms with Gasteiger partial charge in [0.1, 0.15) is 12.0 Å². The Morgan fingerprint density at radius 1 is 1.15 bits per heavy atom. The van der Waals surface area contributed by atoms with Gasteiger partial charge in [0.15, 0.2) is 0 Å². The topological polar surface area (TPSA) is 71.8 Å². The summed E-state index contributed by atoms with van der Waals surface area (Å²) in [5.41, 5.74) is 0.561. The van der Waals surface area contributed by atoms with E-state index in [1.54, 1.807) is 11.0 Å². The van der Waals surface area contributed by atoms with Crippen LogP contribution >= 0.6 is 0 Å². The second-order valence-corrected chi connectivity index (χ2v) is 6.38. The van der Waals surface area contributed by atoms with E-state index < -0.39 is 0 Å². The van der Waals surface area contributed by atoms with Crippen molar-refractivity contribution in [2.24, 2.45) is 5.92 Å². The van der Waals surface area contributed by atoms with Crippen LogP contribution in [0.25, 0.3) is 0 Å². The summed E-state index contributed by atoms with van der Waals surface area (Å²) in [5.74, 6) is 0.850. The van der Waals surface area contributed by atoms with Crippen LogP contribution in [0.15, 0.2) is 53.3 Å². The number of piperidine rings is 1. The first kappa shape index (κ1) is 18.0. The van der Waals surface area contributed by atoms with E-state index in [4.69, 9.17) is 9.15 Å². The van der Waals surface area contributed by atoms with E-state index in [0.29, 0.717) is 44.6 Å². The molecule has 6 nitrogen and oxygen atoms in total. The predicted octanol–water partition coefficient (Wildman–Crippen LogP) is 2.72. The maximum Gasteiger partial charge on any atom is 0.257 e. The van der Waals surface area contributed by atoms with Gasteiger partial charge in [0, 0.05) is 25.6 Å². The minimum absolute atomic E-state index is 0.0292. The number of nitrogens with one attached hydrogen (secondary N) is 1. The van der Waals surface area contributed by atoms with E-state index >= 15 is 0 Å². The van der Waals surface area contributed by atoms with Gasteiger partial charge >= 0.3 is 0 Å². The maximum atomic E-state index is 12.3. The molecular formula is C20H24N2O4. The zero-order valence-electron chi connectivity index (χ0n) is 14.7. The molecule has 3 rings (SSSR count). The summed E-state index contributed by atoms with van der Waals surface area (Å²) in [5, 5.41) is 2.97. The second-order valence-electron chi connectivity index (χ2n) is 6.38. The van der Waals surface area contributed by atoms with E-state index in [1.807, 2.05) is 30.3 Å². The fourth-order valence-corrected chi connectivity index (χ4v) is 3.05. The number of furan rings is 1. The van der Waals surface area contributed by atoms with Gasteiger partial charge in [-0.05, 0) is 37.5 Å². The third-order valence-electron chi connectivity index (χ3n) is 4.55. The van der Waals surface area contributed by atoms with Crippen LogP contribution in [-0.4, -0.2) is 43.0 Å². The highest BCUT2D eigenvalue weighted by Gasteiger charge is 2.27. The molecular weight excluding hydrogens is 332 g/mol. The van der Waals surface area contributed by atoms with Gasteiger partial charge in [-0.3, -0.25) is 9.59 Å². The molecule has 0 unspecified atom stereocenters. The summed E-state index contributed by atoms with van der Waals surface area (Å²) < 4.78 is 10.6. The molecule has 2 amide bonds. The van der Waals surface area contributed by atoms with E-state index in [0.717, 1.165) is 12.2 Å². The molecule has 6 heteroatoms. The molecule has 0 spiro atoms. The monoisotopic (exact) mass is 356 g/mol. The van der Waals surface area contributed by atoms with Crippen LogP contribution in [0, 0.1) is 5.92 Å². The highest BCUT2D eigenvalue weighted by Crippen LogP contribution is 2.19. The van der Waals surface area contributed by atoms with Crippen molar-refractivity contribution in [3.63, 3.8) is 0 Å². The third kappa shape index (κ3) is 4.88. The number of ether oxygens (including phenoxy) is 1. The van der Waals surface area contributed by atoms with Crippen molar-refractivity contribution in [1.82, 2.24) is 10.2 Å². The minimum Gasteiger partial charge on any atom is -0.494 e. The lowest BCUT2D eigenvalue weighted by molar-refractivity contribution is -0.126. The molecule has 1 N–H and O–H groups in total. The number of carbonyl (C=O) groups excluding carboxylic acids is 2. The average Bonchev–Trinajstić information content (AvgIpc) is 3.23. The largest absolute Gasteiger partial charge is 0.494 e. The standard InChI is InChI=1S/C20H24N2O4/c23-19(21-10-4-13-26-18-5-2-1-3-6-18)16-7-11-22(12-8-16)20(24)17-9-14-25-15-17/h1-3,5-6,9,14-16H,4,7-8,10-13H2,(H,21,23). The normalized spacial score (nSPS) is 14.8. The summed E-state index contributed by atoms with van der Waals surface area (Å²) in [6, 6.07) is 11.3. The van der Waals surface area contributed by atoms with Gasteiger partial charge in [0.05, 0.1) is 18.4 Å². The lowest BCUT2D eigenvalue weighted by Gasteiger charge is -2.31. The SMILES string of the molecule is O=C(NCCCOc1ccccc1)C1CCN(C(=O)c2ccoc2)CC1. The van der Waals surface area contributed by atoms with Crippen molar-refractivity contribution in [3.05, 3.63) is 54.5 Å². The van der Waals surface area contributed by atoms with Crippen molar-refractivity contribution in [3.8, 4) is 5.75 Å². The van der Waals surface area contributed by atoms with Crippen LogP contribution in [0.4, 0.5) is 0 Å². The Bertz CT molecular complexity index is 692. The summed E-state index contributed by atoms with van der Waals surface area (Å²) in [4.78, 5) is 26.3. The lowest BCUT2D eigenvalue weighted by Crippen LogP contribution is -2.43. The molecule has 1 saturated heterocycles. The van der Waals surface area contributed by atoms with Crippen molar-refractivity contribution in [2.45, 2.75) is 19.3 Å².